The van der Waals surface area contributed by atoms with Gasteiger partial charge in [0.2, 0.25) is 5.91 Å². The first-order chi connectivity index (χ1) is 7.73. The summed E-state index contributed by atoms with van der Waals surface area (Å²) in [6, 6.07) is 10.0. The van der Waals surface area contributed by atoms with E-state index in [0.717, 1.165) is 24.8 Å². The summed E-state index contributed by atoms with van der Waals surface area (Å²) in [5.41, 5.74) is 6.25. The third kappa shape index (κ3) is 2.61. The van der Waals surface area contributed by atoms with Crippen LogP contribution >= 0.6 is 0 Å². The molecule has 0 spiro atoms. The maximum absolute atomic E-state index is 11.1. The van der Waals surface area contributed by atoms with Gasteiger partial charge in [-0.25, -0.2) is 0 Å². The summed E-state index contributed by atoms with van der Waals surface area (Å²) in [6.45, 7) is 1.22. The van der Waals surface area contributed by atoms with Gasteiger partial charge in [-0.15, -0.1) is 0 Å². The van der Waals surface area contributed by atoms with Gasteiger partial charge in [-0.1, -0.05) is 30.3 Å². The van der Waals surface area contributed by atoms with E-state index in [-0.39, 0.29) is 11.3 Å². The van der Waals surface area contributed by atoms with Crippen LogP contribution in [0.2, 0.25) is 0 Å². The number of rotatable bonds is 6. The molecule has 0 radical (unpaired) electrons. The topological polar surface area (TPSA) is 52.3 Å². The number of ether oxygens (including phenoxy) is 1. The number of amides is 1. The van der Waals surface area contributed by atoms with E-state index in [1.54, 1.807) is 0 Å². The number of nitrogens with two attached hydrogens (primary N) is 1. The lowest BCUT2D eigenvalue weighted by Gasteiger charge is -2.10. The van der Waals surface area contributed by atoms with Gasteiger partial charge in [0, 0.05) is 6.61 Å². The van der Waals surface area contributed by atoms with Crippen LogP contribution < -0.4 is 5.73 Å². The van der Waals surface area contributed by atoms with E-state index in [1.165, 1.54) is 0 Å². The highest BCUT2D eigenvalue weighted by Gasteiger charge is 2.47. The van der Waals surface area contributed by atoms with Gasteiger partial charge in [0.15, 0.2) is 0 Å². The Kier molecular flexibility index (Phi) is 3.25. The van der Waals surface area contributed by atoms with Crippen LogP contribution in [-0.4, -0.2) is 12.5 Å². The molecule has 3 nitrogen and oxygen atoms in total. The molecule has 16 heavy (non-hydrogen) atoms. The first-order valence-corrected chi connectivity index (χ1v) is 5.65. The molecule has 1 aromatic rings. The second kappa shape index (κ2) is 4.66. The minimum absolute atomic E-state index is 0.171. The number of benzene rings is 1. The van der Waals surface area contributed by atoms with Crippen LogP contribution in [0.1, 0.15) is 24.8 Å². The first kappa shape index (κ1) is 11.1. The van der Waals surface area contributed by atoms with Gasteiger partial charge in [-0.2, -0.15) is 0 Å². The maximum Gasteiger partial charge on any atom is 0.223 e. The van der Waals surface area contributed by atoms with Crippen molar-refractivity contribution in [3.63, 3.8) is 0 Å². The van der Waals surface area contributed by atoms with Crippen molar-refractivity contribution in [2.24, 2.45) is 11.1 Å². The molecule has 1 aliphatic carbocycles. The summed E-state index contributed by atoms with van der Waals surface area (Å²) in [5.74, 6) is -0.171. The van der Waals surface area contributed by atoms with Crippen LogP contribution in [0.5, 0.6) is 0 Å². The molecular formula is C13H17NO2. The van der Waals surface area contributed by atoms with Crippen molar-refractivity contribution >= 4 is 5.91 Å². The van der Waals surface area contributed by atoms with Crippen molar-refractivity contribution in [1.82, 2.24) is 0 Å². The molecule has 1 saturated carbocycles. The van der Waals surface area contributed by atoms with Crippen LogP contribution in [0.3, 0.4) is 0 Å². The third-order valence-corrected chi connectivity index (χ3v) is 3.21. The molecule has 86 valence electrons. The third-order valence-electron chi connectivity index (χ3n) is 3.21. The average molecular weight is 219 g/mol. The molecule has 0 aliphatic heterocycles. The first-order valence-electron chi connectivity index (χ1n) is 5.65. The second-order valence-corrected chi connectivity index (χ2v) is 4.43. The fourth-order valence-corrected chi connectivity index (χ4v) is 1.80. The molecule has 2 N–H and O–H groups in total. The van der Waals surface area contributed by atoms with Gasteiger partial charge in [0.25, 0.3) is 0 Å². The quantitative estimate of drug-likeness (QED) is 0.742. The minimum atomic E-state index is -0.239. The molecule has 0 bridgehead atoms. The lowest BCUT2D eigenvalue weighted by atomic mass is 10.0. The minimum Gasteiger partial charge on any atom is -0.377 e. The van der Waals surface area contributed by atoms with Crippen molar-refractivity contribution in [1.29, 1.82) is 0 Å². The molecule has 1 aliphatic rings. The van der Waals surface area contributed by atoms with E-state index < -0.39 is 0 Å². The summed E-state index contributed by atoms with van der Waals surface area (Å²) in [4.78, 5) is 11.1. The van der Waals surface area contributed by atoms with Gasteiger partial charge in [0.05, 0.1) is 12.0 Å². The van der Waals surface area contributed by atoms with E-state index >= 15 is 0 Å². The molecule has 0 aromatic heterocycles. The predicted molar refractivity (Wildman–Crippen MR) is 61.6 cm³/mol. The SMILES string of the molecule is NC(=O)C1(CCOCc2ccccc2)CC1. The van der Waals surface area contributed by atoms with Gasteiger partial charge >= 0.3 is 0 Å². The molecule has 0 heterocycles. The van der Waals surface area contributed by atoms with E-state index in [0.29, 0.717) is 13.2 Å². The largest absolute Gasteiger partial charge is 0.377 e. The fraction of sp³-hybridized carbons (Fsp3) is 0.462. The highest BCUT2D eigenvalue weighted by molar-refractivity contribution is 5.83. The van der Waals surface area contributed by atoms with E-state index in [2.05, 4.69) is 0 Å². The summed E-state index contributed by atoms with van der Waals surface area (Å²) in [5, 5.41) is 0. The Morgan fingerprint density at radius 2 is 2.00 bits per heavy atom. The summed E-state index contributed by atoms with van der Waals surface area (Å²) in [7, 11) is 0. The number of carbonyl (C=O) groups is 1. The van der Waals surface area contributed by atoms with Crippen molar-refractivity contribution < 1.29 is 9.53 Å². The van der Waals surface area contributed by atoms with Crippen LogP contribution in [-0.2, 0) is 16.1 Å². The number of hydrogen-bond acceptors (Lipinski definition) is 2. The Morgan fingerprint density at radius 3 is 2.56 bits per heavy atom. The molecule has 0 unspecified atom stereocenters. The Labute approximate surface area is 95.6 Å². The van der Waals surface area contributed by atoms with Crippen LogP contribution in [0, 0.1) is 5.41 Å². The van der Waals surface area contributed by atoms with Crippen molar-refractivity contribution in [2.75, 3.05) is 6.61 Å². The summed E-state index contributed by atoms with van der Waals surface area (Å²) < 4.78 is 5.54. The van der Waals surface area contributed by atoms with Crippen molar-refractivity contribution in [3.05, 3.63) is 35.9 Å². The monoisotopic (exact) mass is 219 g/mol. The summed E-state index contributed by atoms with van der Waals surface area (Å²) in [6.07, 6.45) is 2.61. The smallest absolute Gasteiger partial charge is 0.223 e. The Hall–Kier alpha value is -1.35. The van der Waals surface area contributed by atoms with Crippen LogP contribution in [0.15, 0.2) is 30.3 Å². The lowest BCUT2D eigenvalue weighted by Crippen LogP contribution is -2.25. The van der Waals surface area contributed by atoms with Gasteiger partial charge in [-0.05, 0) is 24.8 Å². The number of primary amides is 1. The highest BCUT2D eigenvalue weighted by Crippen LogP contribution is 2.48. The highest BCUT2D eigenvalue weighted by atomic mass is 16.5. The van der Waals surface area contributed by atoms with Crippen molar-refractivity contribution in [2.45, 2.75) is 25.9 Å². The molecule has 2 rings (SSSR count). The van der Waals surface area contributed by atoms with Gasteiger partial charge in [0.1, 0.15) is 0 Å². The molecular weight excluding hydrogens is 202 g/mol. The normalized spacial score (nSPS) is 17.0. The molecule has 0 saturated heterocycles. The second-order valence-electron chi connectivity index (χ2n) is 4.43. The molecule has 1 amide bonds. The Bertz CT molecular complexity index is 357. The zero-order valence-corrected chi connectivity index (χ0v) is 9.32. The van der Waals surface area contributed by atoms with E-state index in [4.69, 9.17) is 10.5 Å². The lowest BCUT2D eigenvalue weighted by molar-refractivity contribution is -0.123. The van der Waals surface area contributed by atoms with Crippen molar-refractivity contribution in [3.8, 4) is 0 Å². The standard InChI is InChI=1S/C13H17NO2/c14-12(15)13(6-7-13)8-9-16-10-11-4-2-1-3-5-11/h1-5H,6-10H2,(H2,14,15). The molecule has 1 aromatic carbocycles. The van der Waals surface area contributed by atoms with Gasteiger partial charge in [-0.3, -0.25) is 4.79 Å². The fourth-order valence-electron chi connectivity index (χ4n) is 1.80. The average Bonchev–Trinajstić information content (AvgIpc) is 3.07. The van der Waals surface area contributed by atoms with Gasteiger partial charge < -0.3 is 10.5 Å². The number of hydrogen-bond donors (Lipinski definition) is 1. The van der Waals surface area contributed by atoms with E-state index in [1.807, 2.05) is 30.3 Å². The van der Waals surface area contributed by atoms with Crippen LogP contribution in [0.25, 0.3) is 0 Å². The predicted octanol–water partition coefficient (Wildman–Crippen LogP) is 1.86. The van der Waals surface area contributed by atoms with Crippen LogP contribution in [0.4, 0.5) is 0 Å². The maximum atomic E-state index is 11.1. The Balaban J connectivity index is 1.68. The number of carbonyl (C=O) groups excluding carboxylic acids is 1. The zero-order valence-electron chi connectivity index (χ0n) is 9.32. The zero-order chi connectivity index (χ0) is 11.4. The summed E-state index contributed by atoms with van der Waals surface area (Å²) >= 11 is 0. The molecule has 3 heteroatoms. The van der Waals surface area contributed by atoms with E-state index in [9.17, 15) is 4.79 Å². The molecule has 1 fully saturated rings. The molecule has 0 atom stereocenters. The Morgan fingerprint density at radius 1 is 1.31 bits per heavy atom.